The van der Waals surface area contributed by atoms with Crippen LogP contribution in [0.1, 0.15) is 31.9 Å². The highest BCUT2D eigenvalue weighted by molar-refractivity contribution is 7.13. The van der Waals surface area contributed by atoms with Gasteiger partial charge in [0.05, 0.1) is 33.3 Å². The van der Waals surface area contributed by atoms with E-state index in [1.165, 1.54) is 17.5 Å². The number of anilines is 1. The Balaban J connectivity index is 1.75. The van der Waals surface area contributed by atoms with Gasteiger partial charge in [0.25, 0.3) is 5.91 Å². The number of rotatable bonds is 4. The molecule has 1 N–H and O–H groups in total. The standard InChI is InChI=1S/C16H13Cl2N5OS/c1-8-15(11(17)3-4-19-8)23-16(24)12-7-20-14(25-12)6-10-5-13(18)22-9(2)21-10/h3-5,7H,6H2,1-2H3,(H,23,24). The van der Waals surface area contributed by atoms with Gasteiger partial charge in [-0.2, -0.15) is 0 Å². The number of carbonyl (C=O) groups excluding carboxylic acids is 1. The van der Waals surface area contributed by atoms with Crippen LogP contribution in [0.25, 0.3) is 0 Å². The van der Waals surface area contributed by atoms with Gasteiger partial charge in [0.1, 0.15) is 15.9 Å². The Morgan fingerprint density at radius 3 is 2.76 bits per heavy atom. The molecule has 0 atom stereocenters. The summed E-state index contributed by atoms with van der Waals surface area (Å²) in [5.41, 5.74) is 1.91. The van der Waals surface area contributed by atoms with Crippen molar-refractivity contribution in [1.29, 1.82) is 0 Å². The highest BCUT2D eigenvalue weighted by Gasteiger charge is 2.15. The molecule has 3 aromatic rings. The van der Waals surface area contributed by atoms with E-state index in [2.05, 4.69) is 25.3 Å². The zero-order chi connectivity index (χ0) is 18.0. The van der Waals surface area contributed by atoms with Crippen LogP contribution in [0.15, 0.2) is 24.5 Å². The van der Waals surface area contributed by atoms with Crippen LogP contribution < -0.4 is 5.32 Å². The van der Waals surface area contributed by atoms with Gasteiger partial charge in [-0.1, -0.05) is 23.2 Å². The molecule has 1 amide bonds. The molecule has 0 spiro atoms. The van der Waals surface area contributed by atoms with Gasteiger partial charge in [0.15, 0.2) is 0 Å². The fraction of sp³-hybridized carbons (Fsp3) is 0.188. The first-order valence-electron chi connectivity index (χ1n) is 7.29. The first kappa shape index (κ1) is 17.7. The van der Waals surface area contributed by atoms with E-state index in [0.29, 0.717) is 38.7 Å². The van der Waals surface area contributed by atoms with E-state index in [9.17, 15) is 4.79 Å². The topological polar surface area (TPSA) is 80.7 Å². The average Bonchev–Trinajstić information content (AvgIpc) is 2.98. The van der Waals surface area contributed by atoms with E-state index in [1.807, 2.05) is 0 Å². The van der Waals surface area contributed by atoms with E-state index < -0.39 is 0 Å². The molecular weight excluding hydrogens is 381 g/mol. The number of hydrogen-bond acceptors (Lipinski definition) is 6. The molecule has 0 unspecified atom stereocenters. The van der Waals surface area contributed by atoms with Gasteiger partial charge in [-0.05, 0) is 26.0 Å². The van der Waals surface area contributed by atoms with Crippen LogP contribution in [0.2, 0.25) is 10.2 Å². The Hall–Kier alpha value is -2.09. The predicted octanol–water partition coefficient (Wildman–Crippen LogP) is 4.09. The summed E-state index contributed by atoms with van der Waals surface area (Å²) in [4.78, 5) is 29.7. The summed E-state index contributed by atoms with van der Waals surface area (Å²) >= 11 is 13.3. The van der Waals surface area contributed by atoms with Crippen LogP contribution in [0.3, 0.4) is 0 Å². The SMILES string of the molecule is Cc1nc(Cl)cc(Cc2ncc(C(=O)Nc3c(Cl)ccnc3C)s2)n1. The number of aryl methyl sites for hydroxylation is 2. The molecule has 3 heterocycles. The summed E-state index contributed by atoms with van der Waals surface area (Å²) in [6.07, 6.45) is 3.60. The minimum Gasteiger partial charge on any atom is -0.318 e. The number of halogens is 2. The van der Waals surface area contributed by atoms with Gasteiger partial charge < -0.3 is 5.32 Å². The van der Waals surface area contributed by atoms with Crippen LogP contribution in [0, 0.1) is 13.8 Å². The van der Waals surface area contributed by atoms with E-state index >= 15 is 0 Å². The molecule has 3 aromatic heterocycles. The highest BCUT2D eigenvalue weighted by Crippen LogP contribution is 2.25. The third kappa shape index (κ3) is 4.31. The minimum absolute atomic E-state index is 0.279. The number of nitrogens with one attached hydrogen (secondary N) is 1. The number of hydrogen-bond donors (Lipinski definition) is 1. The molecule has 6 nitrogen and oxygen atoms in total. The molecular formula is C16H13Cl2N5OS. The van der Waals surface area contributed by atoms with Crippen molar-refractivity contribution in [2.24, 2.45) is 0 Å². The van der Waals surface area contributed by atoms with Crippen LogP contribution in [0.4, 0.5) is 5.69 Å². The van der Waals surface area contributed by atoms with Gasteiger partial charge in [-0.15, -0.1) is 11.3 Å². The molecule has 0 saturated carbocycles. The molecule has 0 aromatic carbocycles. The lowest BCUT2D eigenvalue weighted by Gasteiger charge is -2.07. The van der Waals surface area contributed by atoms with E-state index in [4.69, 9.17) is 23.2 Å². The van der Waals surface area contributed by atoms with Gasteiger partial charge in [-0.3, -0.25) is 9.78 Å². The normalized spacial score (nSPS) is 10.7. The molecule has 0 aliphatic heterocycles. The molecule has 0 fully saturated rings. The summed E-state index contributed by atoms with van der Waals surface area (Å²) in [5.74, 6) is 0.317. The first-order chi connectivity index (χ1) is 11.9. The monoisotopic (exact) mass is 393 g/mol. The number of nitrogens with zero attached hydrogens (tertiary/aromatic N) is 4. The third-order valence-corrected chi connectivity index (χ3v) is 4.80. The fourth-order valence-electron chi connectivity index (χ4n) is 2.19. The molecule has 0 aliphatic rings. The van der Waals surface area contributed by atoms with Crippen molar-refractivity contribution in [2.45, 2.75) is 20.3 Å². The first-order valence-corrected chi connectivity index (χ1v) is 8.87. The minimum atomic E-state index is -0.279. The molecule has 0 saturated heterocycles. The van der Waals surface area contributed by atoms with Crippen molar-refractivity contribution in [3.8, 4) is 0 Å². The number of aromatic nitrogens is 4. The van der Waals surface area contributed by atoms with Crippen molar-refractivity contribution in [2.75, 3.05) is 5.32 Å². The maximum Gasteiger partial charge on any atom is 0.267 e. The van der Waals surface area contributed by atoms with E-state index in [-0.39, 0.29) is 5.91 Å². The zero-order valence-electron chi connectivity index (χ0n) is 13.4. The van der Waals surface area contributed by atoms with E-state index in [0.717, 1.165) is 10.7 Å². The summed E-state index contributed by atoms with van der Waals surface area (Å²) < 4.78 is 0. The van der Waals surface area contributed by atoms with Crippen LogP contribution >= 0.6 is 34.5 Å². The zero-order valence-corrected chi connectivity index (χ0v) is 15.7. The second kappa shape index (κ2) is 7.43. The Kier molecular flexibility index (Phi) is 5.27. The Bertz CT molecular complexity index is 904. The Labute approximate surface area is 158 Å². The van der Waals surface area contributed by atoms with Gasteiger partial charge in [-0.25, -0.2) is 15.0 Å². The Morgan fingerprint density at radius 1 is 1.24 bits per heavy atom. The second-order valence-electron chi connectivity index (χ2n) is 5.23. The molecule has 128 valence electrons. The molecule has 0 bridgehead atoms. The third-order valence-electron chi connectivity index (χ3n) is 3.30. The summed E-state index contributed by atoms with van der Waals surface area (Å²) in [6.45, 7) is 3.55. The number of carbonyl (C=O) groups is 1. The number of thiazole rings is 1. The van der Waals surface area contributed by atoms with Crippen molar-refractivity contribution >= 4 is 46.1 Å². The van der Waals surface area contributed by atoms with Crippen LogP contribution in [-0.4, -0.2) is 25.8 Å². The Morgan fingerprint density at radius 2 is 2.04 bits per heavy atom. The van der Waals surface area contributed by atoms with Crippen LogP contribution in [-0.2, 0) is 6.42 Å². The molecule has 0 aliphatic carbocycles. The molecule has 0 radical (unpaired) electrons. The largest absolute Gasteiger partial charge is 0.318 e. The molecule has 25 heavy (non-hydrogen) atoms. The van der Waals surface area contributed by atoms with Crippen molar-refractivity contribution in [3.63, 3.8) is 0 Å². The summed E-state index contributed by atoms with van der Waals surface area (Å²) in [6, 6.07) is 3.32. The van der Waals surface area contributed by atoms with Gasteiger partial charge >= 0.3 is 0 Å². The van der Waals surface area contributed by atoms with Crippen molar-refractivity contribution in [3.05, 3.63) is 61.8 Å². The quantitative estimate of drug-likeness (QED) is 0.674. The molecule has 3 rings (SSSR count). The summed E-state index contributed by atoms with van der Waals surface area (Å²) in [5, 5.41) is 4.37. The lowest BCUT2D eigenvalue weighted by Crippen LogP contribution is -2.12. The van der Waals surface area contributed by atoms with Gasteiger partial charge in [0.2, 0.25) is 0 Å². The second-order valence-corrected chi connectivity index (χ2v) is 7.14. The van der Waals surface area contributed by atoms with Crippen molar-refractivity contribution in [1.82, 2.24) is 19.9 Å². The van der Waals surface area contributed by atoms with E-state index in [1.54, 1.807) is 32.2 Å². The number of pyridine rings is 1. The fourth-order valence-corrected chi connectivity index (χ4v) is 3.51. The predicted molar refractivity (Wildman–Crippen MR) is 98.6 cm³/mol. The summed E-state index contributed by atoms with van der Waals surface area (Å²) in [7, 11) is 0. The van der Waals surface area contributed by atoms with Crippen molar-refractivity contribution < 1.29 is 4.79 Å². The smallest absolute Gasteiger partial charge is 0.267 e. The lowest BCUT2D eigenvalue weighted by atomic mass is 10.3. The highest BCUT2D eigenvalue weighted by atomic mass is 35.5. The molecule has 9 heteroatoms. The maximum absolute atomic E-state index is 12.4. The lowest BCUT2D eigenvalue weighted by molar-refractivity contribution is 0.103. The van der Waals surface area contributed by atoms with Gasteiger partial charge in [0, 0.05) is 12.6 Å². The number of amides is 1. The average molecular weight is 394 g/mol. The van der Waals surface area contributed by atoms with Crippen LogP contribution in [0.5, 0.6) is 0 Å². The maximum atomic E-state index is 12.4.